The molecule has 3 nitrogen and oxygen atoms in total. The molecule has 1 atom stereocenters. The molecule has 118 valence electrons. The monoisotopic (exact) mass is 313 g/mol. The third-order valence-corrected chi connectivity index (χ3v) is 4.57. The van der Waals surface area contributed by atoms with Crippen molar-refractivity contribution in [3.05, 3.63) is 0 Å². The van der Waals surface area contributed by atoms with Gasteiger partial charge in [-0.2, -0.15) is 24.9 Å². The molecule has 1 rings (SSSR count). The fourth-order valence-corrected chi connectivity index (χ4v) is 3.19. The Morgan fingerprint density at radius 3 is 2.30 bits per heavy atom. The molecular weight excluding hydrogens is 291 g/mol. The van der Waals surface area contributed by atoms with Gasteiger partial charge in [0.2, 0.25) is 5.91 Å². The summed E-state index contributed by atoms with van der Waals surface area (Å²) in [5, 5.41) is 12.6. The van der Waals surface area contributed by atoms with Gasteiger partial charge in [-0.3, -0.25) is 4.79 Å². The van der Waals surface area contributed by atoms with Gasteiger partial charge in [-0.1, -0.05) is 0 Å². The molecule has 1 unspecified atom stereocenters. The maximum absolute atomic E-state index is 12.5. The number of rotatable bonds is 5. The molecule has 0 aromatic carbocycles. The van der Waals surface area contributed by atoms with Gasteiger partial charge < -0.3 is 10.4 Å². The summed E-state index contributed by atoms with van der Waals surface area (Å²) in [7, 11) is 0. The Hall–Kier alpha value is -0.430. The van der Waals surface area contributed by atoms with E-state index in [4.69, 9.17) is 0 Å². The van der Waals surface area contributed by atoms with E-state index < -0.39 is 17.7 Å². The Labute approximate surface area is 121 Å². The number of hydrogen-bond donors (Lipinski definition) is 2. The number of halogens is 3. The average molecular weight is 313 g/mol. The van der Waals surface area contributed by atoms with Gasteiger partial charge in [0.1, 0.15) is 0 Å². The minimum atomic E-state index is -4.15. The largest absolute Gasteiger partial charge is 0.391 e. The first-order valence-electron chi connectivity index (χ1n) is 6.71. The van der Waals surface area contributed by atoms with Crippen molar-refractivity contribution >= 4 is 17.7 Å². The first-order chi connectivity index (χ1) is 9.15. The second-order valence-electron chi connectivity index (χ2n) is 5.74. The quantitative estimate of drug-likeness (QED) is 0.820. The van der Waals surface area contributed by atoms with Crippen molar-refractivity contribution in [2.45, 2.75) is 44.4 Å². The molecule has 0 aromatic heterocycles. The van der Waals surface area contributed by atoms with Gasteiger partial charge >= 0.3 is 6.18 Å². The number of alkyl halides is 3. The molecule has 0 spiro atoms. The summed E-state index contributed by atoms with van der Waals surface area (Å²) < 4.78 is 37.6. The molecule has 0 radical (unpaired) electrons. The average Bonchev–Trinajstić information content (AvgIpc) is 2.35. The summed E-state index contributed by atoms with van der Waals surface area (Å²) in [4.78, 5) is 11.9. The maximum atomic E-state index is 12.5. The van der Waals surface area contributed by atoms with Crippen LogP contribution in [0, 0.1) is 11.8 Å². The lowest BCUT2D eigenvalue weighted by Gasteiger charge is -2.30. The van der Waals surface area contributed by atoms with Crippen LogP contribution in [-0.2, 0) is 4.79 Å². The summed E-state index contributed by atoms with van der Waals surface area (Å²) in [6.45, 7) is 1.76. The highest BCUT2D eigenvalue weighted by Crippen LogP contribution is 2.39. The second kappa shape index (κ2) is 7.02. The number of amides is 1. The number of nitrogens with one attached hydrogen (secondary N) is 1. The van der Waals surface area contributed by atoms with Gasteiger partial charge in [-0.15, -0.1) is 0 Å². The van der Waals surface area contributed by atoms with E-state index >= 15 is 0 Å². The van der Waals surface area contributed by atoms with E-state index in [1.54, 1.807) is 6.92 Å². The predicted octanol–water partition coefficient (Wildman–Crippen LogP) is 2.59. The Morgan fingerprint density at radius 2 is 1.85 bits per heavy atom. The van der Waals surface area contributed by atoms with Crippen molar-refractivity contribution in [1.82, 2.24) is 5.32 Å². The summed E-state index contributed by atoms with van der Waals surface area (Å²) in [5.41, 5.74) is -0.988. The van der Waals surface area contributed by atoms with Gasteiger partial charge in [0, 0.05) is 18.2 Å². The summed E-state index contributed by atoms with van der Waals surface area (Å²) in [6, 6.07) is 0. The summed E-state index contributed by atoms with van der Waals surface area (Å²) in [5.74, 6) is -1.38. The lowest BCUT2D eigenvalue weighted by atomic mass is 9.81. The molecule has 1 aliphatic carbocycles. The highest BCUT2D eigenvalue weighted by Gasteiger charge is 2.42. The van der Waals surface area contributed by atoms with Gasteiger partial charge in [0.05, 0.1) is 11.5 Å². The van der Waals surface area contributed by atoms with Crippen molar-refractivity contribution in [2.24, 2.45) is 11.8 Å². The van der Waals surface area contributed by atoms with Gasteiger partial charge in [0.15, 0.2) is 0 Å². The predicted molar refractivity (Wildman–Crippen MR) is 73.5 cm³/mol. The van der Waals surface area contributed by atoms with Crippen LogP contribution in [0.4, 0.5) is 13.2 Å². The molecule has 20 heavy (non-hydrogen) atoms. The lowest BCUT2D eigenvalue weighted by molar-refractivity contribution is -0.184. The van der Waals surface area contributed by atoms with Crippen molar-refractivity contribution in [3.63, 3.8) is 0 Å². The van der Waals surface area contributed by atoms with Gasteiger partial charge in [-0.25, -0.2) is 0 Å². The third kappa shape index (κ3) is 5.52. The highest BCUT2D eigenvalue weighted by atomic mass is 32.2. The van der Waals surface area contributed by atoms with E-state index in [1.165, 1.54) is 11.8 Å². The van der Waals surface area contributed by atoms with Crippen molar-refractivity contribution in [3.8, 4) is 0 Å². The number of carbonyl (C=O) groups is 1. The third-order valence-electron chi connectivity index (χ3n) is 3.66. The Bertz CT molecular complexity index is 326. The van der Waals surface area contributed by atoms with Crippen molar-refractivity contribution in [2.75, 3.05) is 18.6 Å². The van der Waals surface area contributed by atoms with E-state index in [0.717, 1.165) is 0 Å². The standard InChI is InChI=1S/C13H22F3NO2S/c1-12(19,8-20-2)7-17-11(18)9-3-5-10(6-4-9)13(14,15)16/h9-10,19H,3-8H2,1-2H3,(H,17,18). The normalized spacial score (nSPS) is 26.9. The number of thioether (sulfide) groups is 1. The van der Waals surface area contributed by atoms with Crippen LogP contribution in [0.5, 0.6) is 0 Å². The molecular formula is C13H22F3NO2S. The van der Waals surface area contributed by atoms with Crippen molar-refractivity contribution in [1.29, 1.82) is 0 Å². The Kier molecular flexibility index (Phi) is 6.19. The molecule has 7 heteroatoms. The molecule has 1 amide bonds. The van der Waals surface area contributed by atoms with Crippen LogP contribution in [0.3, 0.4) is 0 Å². The van der Waals surface area contributed by atoms with Crippen molar-refractivity contribution < 1.29 is 23.1 Å². The van der Waals surface area contributed by atoms with E-state index in [9.17, 15) is 23.1 Å². The van der Waals surface area contributed by atoms with Gasteiger partial charge in [0.25, 0.3) is 0 Å². The first kappa shape index (κ1) is 17.6. The smallest absolute Gasteiger partial charge is 0.387 e. The minimum absolute atomic E-state index is 0.0167. The Morgan fingerprint density at radius 1 is 1.30 bits per heavy atom. The zero-order chi connectivity index (χ0) is 15.4. The molecule has 1 fully saturated rings. The molecule has 0 aliphatic heterocycles. The van der Waals surface area contributed by atoms with Crippen LogP contribution in [0.15, 0.2) is 0 Å². The first-order valence-corrected chi connectivity index (χ1v) is 8.11. The Balaban J connectivity index is 2.36. The van der Waals surface area contributed by atoms with Crippen LogP contribution < -0.4 is 5.32 Å². The topological polar surface area (TPSA) is 49.3 Å². The maximum Gasteiger partial charge on any atom is 0.391 e. The van der Waals surface area contributed by atoms with E-state index in [-0.39, 0.29) is 44.1 Å². The zero-order valence-electron chi connectivity index (χ0n) is 11.8. The van der Waals surface area contributed by atoms with E-state index in [1.807, 2.05) is 6.26 Å². The second-order valence-corrected chi connectivity index (χ2v) is 6.60. The van der Waals surface area contributed by atoms with E-state index in [2.05, 4.69) is 5.32 Å². The molecule has 2 N–H and O–H groups in total. The molecule has 0 bridgehead atoms. The fourth-order valence-electron chi connectivity index (χ4n) is 2.47. The summed E-state index contributed by atoms with van der Waals surface area (Å²) >= 11 is 1.47. The lowest BCUT2D eigenvalue weighted by Crippen LogP contribution is -2.45. The molecule has 1 aliphatic rings. The molecule has 0 heterocycles. The van der Waals surface area contributed by atoms with Crippen LogP contribution in [0.2, 0.25) is 0 Å². The number of hydrogen-bond acceptors (Lipinski definition) is 3. The van der Waals surface area contributed by atoms with Crippen LogP contribution >= 0.6 is 11.8 Å². The minimum Gasteiger partial charge on any atom is -0.387 e. The number of carbonyl (C=O) groups excluding carboxylic acids is 1. The fraction of sp³-hybridized carbons (Fsp3) is 0.923. The zero-order valence-corrected chi connectivity index (χ0v) is 12.6. The molecule has 0 aromatic rings. The molecule has 1 saturated carbocycles. The highest BCUT2D eigenvalue weighted by molar-refractivity contribution is 7.98. The van der Waals surface area contributed by atoms with E-state index in [0.29, 0.717) is 5.75 Å². The number of aliphatic hydroxyl groups is 1. The van der Waals surface area contributed by atoms with Crippen LogP contribution in [0.25, 0.3) is 0 Å². The van der Waals surface area contributed by atoms with Crippen LogP contribution in [-0.4, -0.2) is 41.3 Å². The summed E-state index contributed by atoms with van der Waals surface area (Å²) in [6.07, 6.45) is -1.73. The van der Waals surface area contributed by atoms with Crippen LogP contribution in [0.1, 0.15) is 32.6 Å². The SMILES string of the molecule is CSCC(C)(O)CNC(=O)C1CCC(C(F)(F)F)CC1. The van der Waals surface area contributed by atoms with Gasteiger partial charge in [-0.05, 0) is 38.9 Å². The molecule has 0 saturated heterocycles.